The molecule has 0 unspecified atom stereocenters. The van der Waals surface area contributed by atoms with E-state index in [1.54, 1.807) is 17.6 Å². The van der Waals surface area contributed by atoms with Gasteiger partial charge >= 0.3 is 6.03 Å². The number of hydrogen-bond donors (Lipinski definition) is 2. The zero-order valence-corrected chi connectivity index (χ0v) is 16.7. The molecule has 0 aliphatic carbocycles. The van der Waals surface area contributed by atoms with Gasteiger partial charge in [0.1, 0.15) is 6.26 Å². The van der Waals surface area contributed by atoms with Crippen LogP contribution in [0.15, 0.2) is 70.7 Å². The van der Waals surface area contributed by atoms with Gasteiger partial charge < -0.3 is 15.1 Å². The molecular formula is C22H20N4O2S. The molecule has 2 aromatic carbocycles. The number of thiazole rings is 1. The zero-order chi connectivity index (χ0) is 20.1. The van der Waals surface area contributed by atoms with Gasteiger partial charge in [0, 0.05) is 35.2 Å². The van der Waals surface area contributed by atoms with E-state index in [2.05, 4.69) is 20.6 Å². The predicted octanol–water partition coefficient (Wildman–Crippen LogP) is 5.14. The highest BCUT2D eigenvalue weighted by atomic mass is 32.1. The van der Waals surface area contributed by atoms with Gasteiger partial charge in [-0.05, 0) is 31.2 Å². The summed E-state index contributed by atoms with van der Waals surface area (Å²) in [6, 6.07) is 17.1. The molecule has 0 saturated carbocycles. The Hall–Kier alpha value is -3.45. The van der Waals surface area contributed by atoms with Gasteiger partial charge in [-0.25, -0.2) is 14.8 Å². The van der Waals surface area contributed by atoms with Gasteiger partial charge in [0.15, 0.2) is 0 Å². The van der Waals surface area contributed by atoms with Gasteiger partial charge in [0.25, 0.3) is 0 Å². The molecule has 0 aliphatic rings. The van der Waals surface area contributed by atoms with E-state index in [-0.39, 0.29) is 6.03 Å². The first-order valence-corrected chi connectivity index (χ1v) is 10.1. The largest absolute Gasteiger partial charge is 0.444 e. The molecular weight excluding hydrogens is 384 g/mol. The summed E-state index contributed by atoms with van der Waals surface area (Å²) in [5, 5.41) is 8.72. The smallest absolute Gasteiger partial charge is 0.319 e. The number of benzene rings is 2. The topological polar surface area (TPSA) is 80.0 Å². The highest BCUT2D eigenvalue weighted by molar-refractivity contribution is 7.09. The second-order valence-electron chi connectivity index (χ2n) is 6.47. The molecule has 0 spiro atoms. The first-order chi connectivity index (χ1) is 14.2. The van der Waals surface area contributed by atoms with Gasteiger partial charge in [-0.1, -0.05) is 30.3 Å². The number of hydrogen-bond acceptors (Lipinski definition) is 5. The Labute approximate surface area is 172 Å². The van der Waals surface area contributed by atoms with Gasteiger partial charge in [0.05, 0.1) is 16.4 Å². The number of oxazole rings is 1. The standard InChI is InChI=1S/C22H20N4O2S/c1-15-24-20(14-29-15)16-7-9-18(10-8-16)26-22(27)23-12-11-19-13-28-21(25-19)17-5-3-2-4-6-17/h2-10,13-14H,11-12H2,1H3,(H2,23,26,27). The third-order valence-corrected chi connectivity index (χ3v) is 5.07. The lowest BCUT2D eigenvalue weighted by molar-refractivity contribution is 0.252. The number of carbonyl (C=O) groups excluding carboxylic acids is 1. The summed E-state index contributed by atoms with van der Waals surface area (Å²) in [5.41, 5.74) is 4.44. The van der Waals surface area contributed by atoms with Crippen molar-refractivity contribution in [1.29, 1.82) is 0 Å². The van der Waals surface area contributed by atoms with Crippen molar-refractivity contribution in [3.8, 4) is 22.7 Å². The second-order valence-corrected chi connectivity index (χ2v) is 7.53. The maximum absolute atomic E-state index is 12.1. The van der Waals surface area contributed by atoms with Crippen LogP contribution in [0.5, 0.6) is 0 Å². The summed E-state index contributed by atoms with van der Waals surface area (Å²) in [6.45, 7) is 2.44. The van der Waals surface area contributed by atoms with E-state index in [1.165, 1.54) is 0 Å². The van der Waals surface area contributed by atoms with Crippen LogP contribution in [0.4, 0.5) is 10.5 Å². The van der Waals surface area contributed by atoms with Gasteiger partial charge in [0.2, 0.25) is 5.89 Å². The third kappa shape index (κ3) is 4.89. The lowest BCUT2D eigenvalue weighted by Gasteiger charge is -2.07. The number of amides is 2. The van der Waals surface area contributed by atoms with E-state index in [9.17, 15) is 4.79 Å². The van der Waals surface area contributed by atoms with Crippen molar-refractivity contribution in [2.75, 3.05) is 11.9 Å². The monoisotopic (exact) mass is 404 g/mol. The van der Waals surface area contributed by atoms with Gasteiger partial charge in [-0.15, -0.1) is 11.3 Å². The predicted molar refractivity (Wildman–Crippen MR) is 115 cm³/mol. The number of urea groups is 1. The molecule has 0 bridgehead atoms. The summed E-state index contributed by atoms with van der Waals surface area (Å²) in [7, 11) is 0. The molecule has 4 rings (SSSR count). The van der Waals surface area contributed by atoms with Crippen molar-refractivity contribution < 1.29 is 9.21 Å². The van der Waals surface area contributed by atoms with E-state index in [0.29, 0.717) is 18.9 Å². The molecule has 0 radical (unpaired) electrons. The number of anilines is 1. The Bertz CT molecular complexity index is 1090. The fraction of sp³-hybridized carbons (Fsp3) is 0.136. The van der Waals surface area contributed by atoms with Gasteiger partial charge in [-0.3, -0.25) is 0 Å². The Morgan fingerprint density at radius 2 is 1.83 bits per heavy atom. The summed E-state index contributed by atoms with van der Waals surface area (Å²) < 4.78 is 5.51. The number of nitrogens with zero attached hydrogens (tertiary/aromatic N) is 2. The Kier molecular flexibility index (Phi) is 5.67. The van der Waals surface area contributed by atoms with Crippen molar-refractivity contribution in [3.05, 3.63) is 76.9 Å². The normalized spacial score (nSPS) is 10.7. The van der Waals surface area contributed by atoms with Crippen LogP contribution in [0.25, 0.3) is 22.7 Å². The lowest BCUT2D eigenvalue weighted by Crippen LogP contribution is -2.30. The molecule has 2 aromatic heterocycles. The molecule has 4 aromatic rings. The number of aromatic nitrogens is 2. The number of aryl methyl sites for hydroxylation is 1. The van der Waals surface area contributed by atoms with Crippen molar-refractivity contribution in [2.45, 2.75) is 13.3 Å². The van der Waals surface area contributed by atoms with Crippen LogP contribution < -0.4 is 10.6 Å². The summed E-state index contributed by atoms with van der Waals surface area (Å²) >= 11 is 1.62. The third-order valence-electron chi connectivity index (χ3n) is 4.30. The van der Waals surface area contributed by atoms with Crippen LogP contribution in [0.3, 0.4) is 0 Å². The molecule has 2 heterocycles. The molecule has 0 atom stereocenters. The van der Waals surface area contributed by atoms with Crippen LogP contribution in [0.1, 0.15) is 10.7 Å². The minimum Gasteiger partial charge on any atom is -0.444 e. The van der Waals surface area contributed by atoms with Crippen LogP contribution in [-0.4, -0.2) is 22.5 Å². The second kappa shape index (κ2) is 8.70. The first kappa shape index (κ1) is 18.9. The highest BCUT2D eigenvalue weighted by Gasteiger charge is 2.08. The zero-order valence-electron chi connectivity index (χ0n) is 15.9. The summed E-state index contributed by atoms with van der Waals surface area (Å²) in [5.74, 6) is 0.584. The molecule has 0 saturated heterocycles. The van der Waals surface area contributed by atoms with Crippen molar-refractivity contribution >= 4 is 23.1 Å². The average molecular weight is 404 g/mol. The molecule has 146 valence electrons. The van der Waals surface area contributed by atoms with Gasteiger partial charge in [-0.2, -0.15) is 0 Å². The average Bonchev–Trinajstić information content (AvgIpc) is 3.39. The summed E-state index contributed by atoms with van der Waals surface area (Å²) in [4.78, 5) is 21.0. The van der Waals surface area contributed by atoms with Crippen LogP contribution in [0, 0.1) is 6.92 Å². The minimum absolute atomic E-state index is 0.256. The molecule has 0 aliphatic heterocycles. The van der Waals surface area contributed by atoms with Crippen LogP contribution in [0.2, 0.25) is 0 Å². The number of rotatable bonds is 6. The fourth-order valence-electron chi connectivity index (χ4n) is 2.83. The maximum Gasteiger partial charge on any atom is 0.319 e. The molecule has 7 heteroatoms. The summed E-state index contributed by atoms with van der Waals surface area (Å²) in [6.07, 6.45) is 2.21. The molecule has 2 N–H and O–H groups in total. The molecule has 2 amide bonds. The Morgan fingerprint density at radius 1 is 1.03 bits per heavy atom. The van der Waals surface area contributed by atoms with E-state index in [1.807, 2.05) is 66.9 Å². The lowest BCUT2D eigenvalue weighted by atomic mass is 10.1. The van der Waals surface area contributed by atoms with E-state index < -0.39 is 0 Å². The molecule has 29 heavy (non-hydrogen) atoms. The van der Waals surface area contributed by atoms with E-state index >= 15 is 0 Å². The first-order valence-electron chi connectivity index (χ1n) is 9.24. The van der Waals surface area contributed by atoms with Crippen molar-refractivity contribution in [2.24, 2.45) is 0 Å². The van der Waals surface area contributed by atoms with Crippen molar-refractivity contribution in [3.63, 3.8) is 0 Å². The quantitative estimate of drug-likeness (QED) is 0.466. The van der Waals surface area contributed by atoms with E-state index in [0.717, 1.165) is 33.2 Å². The highest BCUT2D eigenvalue weighted by Crippen LogP contribution is 2.23. The molecule has 6 nitrogen and oxygen atoms in total. The van der Waals surface area contributed by atoms with Crippen LogP contribution in [-0.2, 0) is 6.42 Å². The Morgan fingerprint density at radius 3 is 2.55 bits per heavy atom. The number of carbonyl (C=O) groups is 1. The maximum atomic E-state index is 12.1. The Balaban J connectivity index is 1.26. The fourth-order valence-corrected chi connectivity index (χ4v) is 3.46. The minimum atomic E-state index is -0.256. The van der Waals surface area contributed by atoms with Crippen LogP contribution >= 0.6 is 11.3 Å². The number of nitrogens with one attached hydrogen (secondary N) is 2. The van der Waals surface area contributed by atoms with E-state index in [4.69, 9.17) is 4.42 Å². The SMILES string of the molecule is Cc1nc(-c2ccc(NC(=O)NCCc3coc(-c4ccccc4)n3)cc2)cs1. The molecule has 0 fully saturated rings. The van der Waals surface area contributed by atoms with Crippen molar-refractivity contribution in [1.82, 2.24) is 15.3 Å².